The summed E-state index contributed by atoms with van der Waals surface area (Å²) in [6, 6.07) is 16.6. The number of methoxy groups -OCH3 is 1. The number of nitrogens with one attached hydrogen (secondary N) is 1. The minimum atomic E-state index is -0.203. The first-order chi connectivity index (χ1) is 13.1. The van der Waals surface area contributed by atoms with Gasteiger partial charge >= 0.3 is 0 Å². The number of rotatable bonds is 7. The van der Waals surface area contributed by atoms with E-state index in [1.807, 2.05) is 67.4 Å². The van der Waals surface area contributed by atoms with Gasteiger partial charge in [-0.25, -0.2) is 0 Å². The quantitative estimate of drug-likeness (QED) is 0.690. The Balaban J connectivity index is 1.61. The van der Waals surface area contributed by atoms with Gasteiger partial charge in [-0.2, -0.15) is 0 Å². The van der Waals surface area contributed by atoms with Crippen LogP contribution in [0.15, 0.2) is 59.0 Å². The number of ether oxygens (including phenoxy) is 1. The molecule has 1 amide bonds. The molecule has 0 saturated carbocycles. The Bertz CT molecular complexity index is 895. The molecule has 3 rings (SSSR count). The zero-order valence-corrected chi connectivity index (χ0v) is 15.5. The van der Waals surface area contributed by atoms with Crippen LogP contribution in [0.2, 0.25) is 0 Å². The van der Waals surface area contributed by atoms with Crippen molar-refractivity contribution < 1.29 is 13.9 Å². The Hall–Kier alpha value is -3.19. The summed E-state index contributed by atoms with van der Waals surface area (Å²) in [5.74, 6) is 1.48. The largest absolute Gasteiger partial charge is 0.497 e. The smallest absolute Gasteiger partial charge is 0.247 e. The molecule has 7 heteroatoms. The van der Waals surface area contributed by atoms with Crippen molar-refractivity contribution in [2.75, 3.05) is 26.0 Å². The fraction of sp³-hybridized carbons (Fsp3) is 0.250. The van der Waals surface area contributed by atoms with Gasteiger partial charge in [0.05, 0.1) is 19.7 Å². The monoisotopic (exact) mass is 366 g/mol. The molecule has 0 aliphatic heterocycles. The van der Waals surface area contributed by atoms with Crippen molar-refractivity contribution in [3.05, 3.63) is 60.5 Å². The summed E-state index contributed by atoms with van der Waals surface area (Å²) in [4.78, 5) is 14.2. The molecule has 1 heterocycles. The highest BCUT2D eigenvalue weighted by Crippen LogP contribution is 2.23. The van der Waals surface area contributed by atoms with Crippen molar-refractivity contribution in [2.45, 2.75) is 13.0 Å². The van der Waals surface area contributed by atoms with Crippen molar-refractivity contribution in [3.8, 4) is 17.2 Å². The van der Waals surface area contributed by atoms with Crippen molar-refractivity contribution in [1.82, 2.24) is 15.1 Å². The molecule has 1 aromatic heterocycles. The van der Waals surface area contributed by atoms with E-state index in [-0.39, 0.29) is 18.5 Å². The van der Waals surface area contributed by atoms with E-state index < -0.39 is 0 Å². The standard InChI is InChI=1S/C20H22N4O3/c1-14(19-22-23-20(27-19)15-8-5-4-6-9-15)24(2)13-18(25)21-16-10-7-11-17(12-16)26-3/h4-12,14H,13H2,1-3H3,(H,21,25). The molecular weight excluding hydrogens is 344 g/mol. The second-order valence-corrected chi connectivity index (χ2v) is 6.18. The Morgan fingerprint density at radius 2 is 1.96 bits per heavy atom. The first kappa shape index (κ1) is 18.6. The summed E-state index contributed by atoms with van der Waals surface area (Å²) < 4.78 is 10.9. The molecule has 0 radical (unpaired) electrons. The maximum atomic E-state index is 12.3. The number of aromatic nitrogens is 2. The minimum Gasteiger partial charge on any atom is -0.497 e. The molecule has 0 aliphatic carbocycles. The van der Waals surface area contributed by atoms with Gasteiger partial charge in [0.15, 0.2) is 0 Å². The number of nitrogens with zero attached hydrogens (tertiary/aromatic N) is 3. The molecule has 3 aromatic rings. The third-order valence-electron chi connectivity index (χ3n) is 4.23. The molecule has 0 aliphatic rings. The summed E-state index contributed by atoms with van der Waals surface area (Å²) in [6.45, 7) is 2.10. The van der Waals surface area contributed by atoms with Gasteiger partial charge in [0, 0.05) is 17.3 Å². The average molecular weight is 366 g/mol. The number of hydrogen-bond acceptors (Lipinski definition) is 6. The fourth-order valence-corrected chi connectivity index (χ4v) is 2.55. The van der Waals surface area contributed by atoms with Crippen LogP contribution in [0.3, 0.4) is 0 Å². The van der Waals surface area contributed by atoms with Crippen LogP contribution in [-0.2, 0) is 4.79 Å². The van der Waals surface area contributed by atoms with E-state index in [0.717, 1.165) is 5.56 Å². The summed E-state index contributed by atoms with van der Waals surface area (Å²) in [5, 5.41) is 11.1. The van der Waals surface area contributed by atoms with Gasteiger partial charge in [-0.05, 0) is 38.2 Å². The second-order valence-electron chi connectivity index (χ2n) is 6.18. The first-order valence-electron chi connectivity index (χ1n) is 8.60. The van der Waals surface area contributed by atoms with Gasteiger partial charge in [0.25, 0.3) is 0 Å². The molecule has 0 bridgehead atoms. The van der Waals surface area contributed by atoms with E-state index in [2.05, 4.69) is 15.5 Å². The van der Waals surface area contributed by atoms with Gasteiger partial charge < -0.3 is 14.5 Å². The lowest BCUT2D eigenvalue weighted by Crippen LogP contribution is -2.32. The molecular formula is C20H22N4O3. The van der Waals surface area contributed by atoms with Crippen LogP contribution < -0.4 is 10.1 Å². The molecule has 140 valence electrons. The van der Waals surface area contributed by atoms with Gasteiger partial charge in [-0.1, -0.05) is 24.3 Å². The zero-order chi connectivity index (χ0) is 19.2. The Kier molecular flexibility index (Phi) is 5.83. The van der Waals surface area contributed by atoms with Gasteiger partial charge in [-0.15, -0.1) is 10.2 Å². The number of amides is 1. The normalized spacial score (nSPS) is 12.0. The van der Waals surface area contributed by atoms with Crippen LogP contribution >= 0.6 is 0 Å². The van der Waals surface area contributed by atoms with Crippen LogP contribution in [0.4, 0.5) is 5.69 Å². The number of carbonyl (C=O) groups is 1. The summed E-state index contributed by atoms with van der Waals surface area (Å²) in [6.07, 6.45) is 0. The van der Waals surface area contributed by atoms with E-state index >= 15 is 0 Å². The highest BCUT2D eigenvalue weighted by atomic mass is 16.5. The zero-order valence-electron chi connectivity index (χ0n) is 15.5. The van der Waals surface area contributed by atoms with Crippen LogP contribution in [0.1, 0.15) is 18.9 Å². The molecule has 0 fully saturated rings. The number of benzene rings is 2. The van der Waals surface area contributed by atoms with Gasteiger partial charge in [0.1, 0.15) is 5.75 Å². The second kappa shape index (κ2) is 8.46. The lowest BCUT2D eigenvalue weighted by Gasteiger charge is -2.21. The van der Waals surface area contributed by atoms with Gasteiger partial charge in [0.2, 0.25) is 17.7 Å². The van der Waals surface area contributed by atoms with Crippen LogP contribution in [0.5, 0.6) is 5.75 Å². The molecule has 2 aromatic carbocycles. The molecule has 1 N–H and O–H groups in total. The van der Waals surface area contributed by atoms with Crippen molar-refractivity contribution in [2.24, 2.45) is 0 Å². The lowest BCUT2D eigenvalue weighted by atomic mass is 10.2. The third-order valence-corrected chi connectivity index (χ3v) is 4.23. The van der Waals surface area contributed by atoms with E-state index in [4.69, 9.17) is 9.15 Å². The molecule has 7 nitrogen and oxygen atoms in total. The molecule has 1 atom stereocenters. The van der Waals surface area contributed by atoms with E-state index in [9.17, 15) is 4.79 Å². The van der Waals surface area contributed by atoms with Crippen LogP contribution in [0, 0.1) is 0 Å². The number of hydrogen-bond donors (Lipinski definition) is 1. The fourth-order valence-electron chi connectivity index (χ4n) is 2.55. The van der Waals surface area contributed by atoms with E-state index in [1.165, 1.54) is 0 Å². The number of anilines is 1. The predicted molar refractivity (Wildman–Crippen MR) is 102 cm³/mol. The van der Waals surface area contributed by atoms with E-state index in [0.29, 0.717) is 23.2 Å². The Labute approximate surface area is 158 Å². The highest BCUT2D eigenvalue weighted by Gasteiger charge is 2.21. The summed E-state index contributed by atoms with van der Waals surface area (Å²) in [5.41, 5.74) is 1.55. The van der Waals surface area contributed by atoms with Crippen molar-refractivity contribution in [3.63, 3.8) is 0 Å². The lowest BCUT2D eigenvalue weighted by molar-refractivity contribution is -0.117. The maximum Gasteiger partial charge on any atom is 0.247 e. The van der Waals surface area contributed by atoms with Crippen molar-refractivity contribution in [1.29, 1.82) is 0 Å². The van der Waals surface area contributed by atoms with Crippen LogP contribution in [0.25, 0.3) is 11.5 Å². The molecule has 0 spiro atoms. The van der Waals surface area contributed by atoms with Crippen molar-refractivity contribution >= 4 is 11.6 Å². The maximum absolute atomic E-state index is 12.3. The molecule has 1 unspecified atom stereocenters. The SMILES string of the molecule is COc1cccc(NC(=O)CN(C)C(C)c2nnc(-c3ccccc3)o2)c1. The highest BCUT2D eigenvalue weighted by molar-refractivity contribution is 5.92. The first-order valence-corrected chi connectivity index (χ1v) is 8.60. The Morgan fingerprint density at radius 1 is 1.19 bits per heavy atom. The number of likely N-dealkylation sites (N-methyl/N-ethyl adjacent to an activating group) is 1. The van der Waals surface area contributed by atoms with Crippen LogP contribution in [-0.4, -0.2) is 41.7 Å². The molecule has 27 heavy (non-hydrogen) atoms. The topological polar surface area (TPSA) is 80.5 Å². The van der Waals surface area contributed by atoms with E-state index in [1.54, 1.807) is 13.2 Å². The summed E-state index contributed by atoms with van der Waals surface area (Å²) in [7, 11) is 3.42. The minimum absolute atomic E-state index is 0.139. The molecule has 0 saturated heterocycles. The summed E-state index contributed by atoms with van der Waals surface area (Å²) >= 11 is 0. The van der Waals surface area contributed by atoms with Gasteiger partial charge in [-0.3, -0.25) is 9.69 Å². The number of carbonyl (C=O) groups excluding carboxylic acids is 1. The predicted octanol–water partition coefficient (Wildman–Crippen LogP) is 3.38. The Morgan fingerprint density at radius 3 is 2.70 bits per heavy atom. The average Bonchev–Trinajstić information content (AvgIpc) is 3.18. The third kappa shape index (κ3) is 4.71.